The average Bonchev–Trinajstić information content (AvgIpc) is 3.64. The summed E-state index contributed by atoms with van der Waals surface area (Å²) in [4.78, 5) is 34.0. The number of hydrogen-bond donors (Lipinski definition) is 1. The van der Waals surface area contributed by atoms with Crippen molar-refractivity contribution < 1.29 is 14.3 Å². The Kier molecular flexibility index (Phi) is 9.67. The number of allylic oxidation sites excluding steroid dienone is 1. The van der Waals surface area contributed by atoms with Crippen molar-refractivity contribution in [1.82, 2.24) is 20.0 Å². The van der Waals surface area contributed by atoms with Gasteiger partial charge in [0.1, 0.15) is 0 Å². The van der Waals surface area contributed by atoms with Gasteiger partial charge in [0, 0.05) is 56.5 Å². The summed E-state index contributed by atoms with van der Waals surface area (Å²) in [5.41, 5.74) is 2.08. The van der Waals surface area contributed by atoms with Gasteiger partial charge in [-0.3, -0.25) is 9.69 Å². The van der Waals surface area contributed by atoms with E-state index in [0.29, 0.717) is 18.0 Å². The third kappa shape index (κ3) is 6.33. The number of carbonyl (C=O) groups is 2. The molecule has 2 unspecified atom stereocenters. The van der Waals surface area contributed by atoms with Gasteiger partial charge >= 0.3 is 6.03 Å². The van der Waals surface area contributed by atoms with Gasteiger partial charge < -0.3 is 19.9 Å². The van der Waals surface area contributed by atoms with Gasteiger partial charge in [0.2, 0.25) is 5.91 Å². The molecule has 226 valence electrons. The molecule has 7 nitrogen and oxygen atoms in total. The van der Waals surface area contributed by atoms with Gasteiger partial charge in [0.05, 0.1) is 11.6 Å². The standard InChI is InChI=1S/C33H48N4O3.ClH/c1-24(2)37-32(39)35(22-25-15-18-40-19-16-25)23-33(37)20-28-12-13-29(21-33)36(28)17-14-30(26-8-4-3-5-9-26)34-31(38)27-10-6-7-11-27;/h3-5,8-10,24-25,28-30H,6-7,11-23H2,1-2H3,(H,34,38);1H/t28?,29?,30-,33?;/m0./s1. The molecular formula is C33H49ClN4O3. The largest absolute Gasteiger partial charge is 0.381 e. The van der Waals surface area contributed by atoms with Crippen LogP contribution in [-0.4, -0.2) is 83.2 Å². The summed E-state index contributed by atoms with van der Waals surface area (Å²) in [6.07, 6.45) is 12.7. The van der Waals surface area contributed by atoms with Crippen molar-refractivity contribution in [3.05, 3.63) is 47.5 Å². The molecule has 8 heteroatoms. The van der Waals surface area contributed by atoms with Crippen LogP contribution in [0.25, 0.3) is 0 Å². The normalized spacial score (nSPS) is 29.2. The van der Waals surface area contributed by atoms with Crippen LogP contribution in [-0.2, 0) is 9.53 Å². The predicted octanol–water partition coefficient (Wildman–Crippen LogP) is 5.70. The second-order valence-electron chi connectivity index (χ2n) is 13.3. The number of ether oxygens (including phenoxy) is 1. The van der Waals surface area contributed by atoms with E-state index in [-0.39, 0.29) is 42.0 Å². The second-order valence-corrected chi connectivity index (χ2v) is 13.3. The molecule has 4 fully saturated rings. The molecule has 4 heterocycles. The van der Waals surface area contributed by atoms with E-state index in [2.05, 4.69) is 64.2 Å². The zero-order chi connectivity index (χ0) is 27.7. The maximum absolute atomic E-state index is 13.8. The number of piperidine rings is 1. The van der Waals surface area contributed by atoms with Gasteiger partial charge in [-0.25, -0.2) is 4.79 Å². The van der Waals surface area contributed by atoms with Crippen LogP contribution in [0, 0.1) is 5.92 Å². The highest BCUT2D eigenvalue weighted by Gasteiger charge is 2.57. The van der Waals surface area contributed by atoms with Crippen molar-refractivity contribution in [2.75, 3.05) is 32.8 Å². The van der Waals surface area contributed by atoms with Crippen molar-refractivity contribution >= 4 is 24.3 Å². The smallest absolute Gasteiger partial charge is 0.320 e. The number of fused-ring (bicyclic) bond motifs is 2. The summed E-state index contributed by atoms with van der Waals surface area (Å²) in [5.74, 6) is 0.664. The summed E-state index contributed by atoms with van der Waals surface area (Å²) in [6.45, 7) is 8.77. The number of rotatable bonds is 9. The Morgan fingerprint density at radius 2 is 1.78 bits per heavy atom. The fourth-order valence-electron chi connectivity index (χ4n) is 8.52. The molecule has 0 saturated carbocycles. The highest BCUT2D eigenvalue weighted by molar-refractivity contribution is 5.94. The zero-order valence-electron chi connectivity index (χ0n) is 24.9. The van der Waals surface area contributed by atoms with Crippen molar-refractivity contribution in [3.8, 4) is 0 Å². The van der Waals surface area contributed by atoms with Gasteiger partial charge in [-0.05, 0) is 89.5 Å². The van der Waals surface area contributed by atoms with Crippen LogP contribution in [0.2, 0.25) is 0 Å². The number of nitrogens with one attached hydrogen (secondary N) is 1. The molecule has 3 atom stereocenters. The Balaban J connectivity index is 0.00000337. The van der Waals surface area contributed by atoms with Crippen LogP contribution in [0.3, 0.4) is 0 Å². The molecular weight excluding hydrogens is 536 g/mol. The molecule has 1 aromatic carbocycles. The lowest BCUT2D eigenvalue weighted by Gasteiger charge is -2.49. The first-order valence-corrected chi connectivity index (χ1v) is 15.9. The van der Waals surface area contributed by atoms with Gasteiger partial charge in [-0.1, -0.05) is 36.4 Å². The lowest BCUT2D eigenvalue weighted by Crippen LogP contribution is -2.60. The lowest BCUT2D eigenvalue weighted by atomic mass is 9.81. The number of benzene rings is 1. The first-order valence-electron chi connectivity index (χ1n) is 15.9. The molecule has 2 bridgehead atoms. The lowest BCUT2D eigenvalue weighted by molar-refractivity contribution is -0.118. The quantitative estimate of drug-likeness (QED) is 0.404. The van der Waals surface area contributed by atoms with Crippen LogP contribution < -0.4 is 5.32 Å². The summed E-state index contributed by atoms with van der Waals surface area (Å²) in [5, 5.41) is 3.38. The highest BCUT2D eigenvalue weighted by Crippen LogP contribution is 2.48. The van der Waals surface area contributed by atoms with E-state index in [0.717, 1.165) is 89.8 Å². The Morgan fingerprint density at radius 1 is 1.07 bits per heavy atom. The Morgan fingerprint density at radius 3 is 2.41 bits per heavy atom. The third-order valence-corrected chi connectivity index (χ3v) is 10.3. The average molecular weight is 585 g/mol. The van der Waals surface area contributed by atoms with E-state index in [1.165, 1.54) is 18.4 Å². The minimum Gasteiger partial charge on any atom is -0.381 e. The zero-order valence-corrected chi connectivity index (χ0v) is 25.7. The molecule has 5 aliphatic rings. The van der Waals surface area contributed by atoms with E-state index >= 15 is 0 Å². The number of carbonyl (C=O) groups excluding carboxylic acids is 2. The minimum atomic E-state index is -0.0548. The van der Waals surface area contributed by atoms with Crippen molar-refractivity contribution in [3.63, 3.8) is 0 Å². The molecule has 41 heavy (non-hydrogen) atoms. The fraction of sp³-hybridized carbons (Fsp3) is 0.697. The maximum atomic E-state index is 13.8. The van der Waals surface area contributed by atoms with E-state index in [4.69, 9.17) is 4.74 Å². The number of hydrogen-bond acceptors (Lipinski definition) is 4. The van der Waals surface area contributed by atoms with Gasteiger partial charge in [0.25, 0.3) is 0 Å². The topological polar surface area (TPSA) is 65.1 Å². The Labute approximate surface area is 252 Å². The van der Waals surface area contributed by atoms with E-state index < -0.39 is 0 Å². The maximum Gasteiger partial charge on any atom is 0.320 e. The summed E-state index contributed by atoms with van der Waals surface area (Å²) in [6, 6.07) is 11.9. The molecule has 1 aromatic rings. The molecule has 6 rings (SSSR count). The predicted molar refractivity (Wildman–Crippen MR) is 164 cm³/mol. The van der Waals surface area contributed by atoms with E-state index in [9.17, 15) is 9.59 Å². The first-order chi connectivity index (χ1) is 19.4. The molecule has 3 amide bonds. The van der Waals surface area contributed by atoms with E-state index in [1.54, 1.807) is 0 Å². The molecule has 0 radical (unpaired) electrons. The summed E-state index contributed by atoms with van der Waals surface area (Å²) >= 11 is 0. The van der Waals surface area contributed by atoms with Crippen molar-refractivity contribution in [2.45, 2.75) is 108 Å². The summed E-state index contributed by atoms with van der Waals surface area (Å²) < 4.78 is 5.58. The van der Waals surface area contributed by atoms with Gasteiger partial charge in [-0.15, -0.1) is 12.4 Å². The molecule has 1 N–H and O–H groups in total. The second kappa shape index (κ2) is 13.0. The van der Waals surface area contributed by atoms with Crippen LogP contribution in [0.15, 0.2) is 42.0 Å². The molecule has 4 saturated heterocycles. The SMILES string of the molecule is CC(C)N1C(=O)N(CC2CCOCC2)CC12CC1CCC(C2)N1CC[C@H](NC(=O)C1=CCCC1)c1ccccc1.Cl. The highest BCUT2D eigenvalue weighted by atomic mass is 35.5. The summed E-state index contributed by atoms with van der Waals surface area (Å²) in [7, 11) is 0. The molecule has 0 aromatic heterocycles. The third-order valence-electron chi connectivity index (χ3n) is 10.3. The van der Waals surface area contributed by atoms with Gasteiger partial charge in [-0.2, -0.15) is 0 Å². The fourth-order valence-corrected chi connectivity index (χ4v) is 8.52. The van der Waals surface area contributed by atoms with Crippen molar-refractivity contribution in [2.24, 2.45) is 5.92 Å². The van der Waals surface area contributed by atoms with Crippen LogP contribution in [0.5, 0.6) is 0 Å². The van der Waals surface area contributed by atoms with Gasteiger partial charge in [0.15, 0.2) is 0 Å². The monoisotopic (exact) mass is 584 g/mol. The van der Waals surface area contributed by atoms with E-state index in [1.807, 2.05) is 6.07 Å². The molecule has 4 aliphatic heterocycles. The number of halogens is 1. The number of urea groups is 1. The minimum absolute atomic E-state index is 0. The number of nitrogens with zero attached hydrogens (tertiary/aromatic N) is 3. The molecule has 1 aliphatic carbocycles. The Bertz CT molecular complexity index is 1080. The van der Waals surface area contributed by atoms with Crippen LogP contribution >= 0.6 is 12.4 Å². The van der Waals surface area contributed by atoms with Crippen LogP contribution in [0.4, 0.5) is 4.79 Å². The molecule has 1 spiro atoms. The Hall–Kier alpha value is -2.09. The van der Waals surface area contributed by atoms with Crippen molar-refractivity contribution in [1.29, 1.82) is 0 Å². The van der Waals surface area contributed by atoms with Crippen LogP contribution in [0.1, 0.15) is 89.7 Å². The first kappa shape index (κ1) is 30.4. The number of amides is 3.